The summed E-state index contributed by atoms with van der Waals surface area (Å²) in [4.78, 5) is 13.0. The molecule has 1 fully saturated rings. The number of rotatable bonds is 8. The number of sulfonamides is 1. The highest BCUT2D eigenvalue weighted by Crippen LogP contribution is 2.29. The van der Waals surface area contributed by atoms with Gasteiger partial charge in [0.05, 0.1) is 18.2 Å². The van der Waals surface area contributed by atoms with E-state index >= 15 is 0 Å². The molecule has 1 heterocycles. The fourth-order valence-electron chi connectivity index (χ4n) is 3.74. The predicted octanol–water partition coefficient (Wildman–Crippen LogP) is 4.65. The third-order valence-electron chi connectivity index (χ3n) is 5.41. The maximum Gasteiger partial charge on any atom is 0.251 e. The number of nitrogens with one attached hydrogen (secondary N) is 1. The number of benzene rings is 2. The molecule has 1 amide bonds. The monoisotopic (exact) mass is 464 g/mol. The highest BCUT2D eigenvalue weighted by Gasteiger charge is 2.30. The van der Waals surface area contributed by atoms with Crippen LogP contribution in [0, 0.1) is 5.92 Å². The van der Waals surface area contributed by atoms with E-state index < -0.39 is 10.0 Å². The first kappa shape index (κ1) is 23.6. The minimum absolute atomic E-state index is 0.0198. The Hall–Kier alpha value is -2.09. The van der Waals surface area contributed by atoms with E-state index in [0.717, 1.165) is 30.6 Å². The van der Waals surface area contributed by atoms with Crippen LogP contribution >= 0.6 is 11.6 Å². The van der Waals surface area contributed by atoms with Crippen LogP contribution in [0.25, 0.3) is 0 Å². The molecule has 1 N–H and O–H groups in total. The molecule has 0 spiro atoms. The maximum atomic E-state index is 13.1. The van der Waals surface area contributed by atoms with Gasteiger partial charge in [0.2, 0.25) is 10.0 Å². The van der Waals surface area contributed by atoms with E-state index in [1.807, 2.05) is 24.3 Å². The van der Waals surface area contributed by atoms with E-state index in [9.17, 15) is 13.2 Å². The first-order valence-corrected chi connectivity index (χ1v) is 12.3. The molecule has 1 saturated heterocycles. The Morgan fingerprint density at radius 1 is 1.13 bits per heavy atom. The van der Waals surface area contributed by atoms with Gasteiger partial charge in [-0.05, 0) is 61.1 Å². The SMILES string of the molecule is COc1ccc(C(CC(C)C)NC(=O)c2ccc(Cl)c(S(=O)(=O)N3CCCC3)c2)cc1. The molecule has 3 rings (SSSR count). The van der Waals surface area contributed by atoms with Crippen LogP contribution in [-0.2, 0) is 10.0 Å². The molecule has 1 unspecified atom stereocenters. The summed E-state index contributed by atoms with van der Waals surface area (Å²) in [7, 11) is -2.12. The smallest absolute Gasteiger partial charge is 0.251 e. The Bertz CT molecular complexity index is 1020. The molecule has 6 nitrogen and oxygen atoms in total. The van der Waals surface area contributed by atoms with Crippen molar-refractivity contribution >= 4 is 27.5 Å². The van der Waals surface area contributed by atoms with Crippen molar-refractivity contribution in [3.05, 3.63) is 58.6 Å². The number of amides is 1. The van der Waals surface area contributed by atoms with Crippen molar-refractivity contribution in [3.63, 3.8) is 0 Å². The lowest BCUT2D eigenvalue weighted by molar-refractivity contribution is 0.0931. The third-order valence-corrected chi connectivity index (χ3v) is 7.79. The van der Waals surface area contributed by atoms with Crippen molar-refractivity contribution in [2.24, 2.45) is 5.92 Å². The molecule has 2 aromatic carbocycles. The topological polar surface area (TPSA) is 75.7 Å². The van der Waals surface area contributed by atoms with Gasteiger partial charge in [0, 0.05) is 18.7 Å². The minimum atomic E-state index is -3.73. The number of carbonyl (C=O) groups is 1. The molecule has 2 aromatic rings. The van der Waals surface area contributed by atoms with Crippen LogP contribution in [0.1, 0.15) is 55.1 Å². The number of nitrogens with zero attached hydrogens (tertiary/aromatic N) is 1. The Kier molecular flexibility index (Phi) is 7.62. The quantitative estimate of drug-likeness (QED) is 0.617. The summed E-state index contributed by atoms with van der Waals surface area (Å²) in [5, 5.41) is 3.18. The summed E-state index contributed by atoms with van der Waals surface area (Å²) in [5.41, 5.74) is 1.23. The Labute approximate surface area is 189 Å². The Morgan fingerprint density at radius 3 is 2.35 bits per heavy atom. The predicted molar refractivity (Wildman–Crippen MR) is 122 cm³/mol. The lowest BCUT2D eigenvalue weighted by Gasteiger charge is -2.22. The molecular weight excluding hydrogens is 436 g/mol. The van der Waals surface area contributed by atoms with Crippen LogP contribution in [0.15, 0.2) is 47.4 Å². The van der Waals surface area contributed by atoms with E-state index in [1.165, 1.54) is 16.4 Å². The van der Waals surface area contributed by atoms with Gasteiger partial charge in [-0.2, -0.15) is 4.31 Å². The Morgan fingerprint density at radius 2 is 1.77 bits per heavy atom. The average Bonchev–Trinajstić information content (AvgIpc) is 3.29. The lowest BCUT2D eigenvalue weighted by atomic mass is 9.96. The number of halogens is 1. The van der Waals surface area contributed by atoms with E-state index in [-0.39, 0.29) is 27.4 Å². The van der Waals surface area contributed by atoms with E-state index in [4.69, 9.17) is 16.3 Å². The van der Waals surface area contributed by atoms with E-state index in [1.54, 1.807) is 13.2 Å². The van der Waals surface area contributed by atoms with Crippen molar-refractivity contribution in [3.8, 4) is 5.75 Å². The zero-order valence-corrected chi connectivity index (χ0v) is 19.7. The molecule has 1 atom stereocenters. The minimum Gasteiger partial charge on any atom is -0.497 e. The highest BCUT2D eigenvalue weighted by atomic mass is 35.5. The van der Waals surface area contributed by atoms with Gasteiger partial charge in [-0.3, -0.25) is 4.79 Å². The van der Waals surface area contributed by atoms with Gasteiger partial charge in [-0.25, -0.2) is 8.42 Å². The van der Waals surface area contributed by atoms with Crippen LogP contribution < -0.4 is 10.1 Å². The molecule has 8 heteroatoms. The summed E-state index contributed by atoms with van der Waals surface area (Å²) < 4.78 is 32.6. The average molecular weight is 465 g/mol. The van der Waals surface area contributed by atoms with Crippen molar-refractivity contribution < 1.29 is 17.9 Å². The highest BCUT2D eigenvalue weighted by molar-refractivity contribution is 7.89. The van der Waals surface area contributed by atoms with Gasteiger partial charge in [-0.15, -0.1) is 0 Å². The molecule has 168 valence electrons. The lowest BCUT2D eigenvalue weighted by Crippen LogP contribution is -2.31. The molecule has 0 aliphatic carbocycles. The summed E-state index contributed by atoms with van der Waals surface area (Å²) in [6.07, 6.45) is 2.40. The zero-order valence-electron chi connectivity index (χ0n) is 18.1. The van der Waals surface area contributed by atoms with Crippen LogP contribution in [0.2, 0.25) is 5.02 Å². The van der Waals surface area contributed by atoms with Crippen LogP contribution in [-0.4, -0.2) is 38.8 Å². The van der Waals surface area contributed by atoms with Crippen molar-refractivity contribution in [2.75, 3.05) is 20.2 Å². The number of carbonyl (C=O) groups excluding carboxylic acids is 1. The first-order valence-electron chi connectivity index (χ1n) is 10.5. The molecule has 0 bridgehead atoms. The summed E-state index contributed by atoms with van der Waals surface area (Å²) in [5.74, 6) is 0.757. The van der Waals surface area contributed by atoms with Gasteiger partial charge in [0.25, 0.3) is 5.91 Å². The molecule has 1 aliphatic rings. The maximum absolute atomic E-state index is 13.1. The fraction of sp³-hybridized carbons (Fsp3) is 0.435. The van der Waals surface area contributed by atoms with Crippen LogP contribution in [0.4, 0.5) is 0 Å². The molecule has 0 aromatic heterocycles. The van der Waals surface area contributed by atoms with Gasteiger partial charge in [-0.1, -0.05) is 37.6 Å². The molecule has 0 saturated carbocycles. The van der Waals surface area contributed by atoms with E-state index in [2.05, 4.69) is 19.2 Å². The fourth-order valence-corrected chi connectivity index (χ4v) is 5.75. The summed E-state index contributed by atoms with van der Waals surface area (Å²) in [6, 6.07) is 11.8. The molecule has 1 aliphatic heterocycles. The normalized spacial score (nSPS) is 15.8. The number of hydrogen-bond acceptors (Lipinski definition) is 4. The third kappa shape index (κ3) is 5.59. The number of ether oxygens (including phenoxy) is 1. The van der Waals surface area contributed by atoms with Crippen molar-refractivity contribution in [1.82, 2.24) is 9.62 Å². The standard InChI is InChI=1S/C23H29ClN2O4S/c1-16(2)14-21(17-6-9-19(30-3)10-7-17)25-23(27)18-8-11-20(24)22(15-18)31(28,29)26-12-4-5-13-26/h6-11,15-16,21H,4-5,12-14H2,1-3H3,(H,25,27). The second-order valence-electron chi connectivity index (χ2n) is 8.19. The van der Waals surface area contributed by atoms with E-state index in [0.29, 0.717) is 19.0 Å². The number of methoxy groups -OCH3 is 1. The van der Waals surface area contributed by atoms with Gasteiger partial charge in [0.1, 0.15) is 10.6 Å². The summed E-state index contributed by atoms with van der Waals surface area (Å²) in [6.45, 7) is 5.13. The van der Waals surface area contributed by atoms with Crippen molar-refractivity contribution in [1.29, 1.82) is 0 Å². The second-order valence-corrected chi connectivity index (χ2v) is 10.5. The molecule has 0 radical (unpaired) electrons. The van der Waals surface area contributed by atoms with Crippen molar-refractivity contribution in [2.45, 2.75) is 44.0 Å². The van der Waals surface area contributed by atoms with Crippen LogP contribution in [0.5, 0.6) is 5.75 Å². The van der Waals surface area contributed by atoms with Gasteiger partial charge in [0.15, 0.2) is 0 Å². The van der Waals surface area contributed by atoms with Crippen LogP contribution in [0.3, 0.4) is 0 Å². The number of hydrogen-bond donors (Lipinski definition) is 1. The Balaban J connectivity index is 1.86. The van der Waals surface area contributed by atoms with Gasteiger partial charge >= 0.3 is 0 Å². The largest absolute Gasteiger partial charge is 0.497 e. The van der Waals surface area contributed by atoms with Gasteiger partial charge < -0.3 is 10.1 Å². The molecular formula is C23H29ClN2O4S. The molecule has 31 heavy (non-hydrogen) atoms. The zero-order chi connectivity index (χ0) is 22.6. The first-order chi connectivity index (χ1) is 14.7. The second kappa shape index (κ2) is 10.0. The summed E-state index contributed by atoms with van der Waals surface area (Å²) >= 11 is 6.21.